The number of nitrogens with zero attached hydrogens (tertiary/aromatic N) is 1. The van der Waals surface area contributed by atoms with Gasteiger partial charge in [-0.2, -0.15) is 0 Å². The molecule has 2 heterocycles. The number of aromatic amines is 1. The van der Waals surface area contributed by atoms with Gasteiger partial charge in [-0.05, 0) is 18.6 Å². The summed E-state index contributed by atoms with van der Waals surface area (Å²) in [4.78, 5) is 19.6. The molecule has 1 aliphatic carbocycles. The van der Waals surface area contributed by atoms with E-state index in [9.17, 15) is 9.18 Å². The molecule has 22 heavy (non-hydrogen) atoms. The Morgan fingerprint density at radius 3 is 3.14 bits per heavy atom. The van der Waals surface area contributed by atoms with Crippen molar-refractivity contribution in [1.29, 1.82) is 0 Å². The highest BCUT2D eigenvalue weighted by atomic mass is 19.1. The number of ether oxygens (including phenoxy) is 1. The number of rotatable bonds is 2. The molecule has 4 rings (SSSR count). The average Bonchev–Trinajstić information content (AvgIpc) is 3.10. The Balaban J connectivity index is 1.63. The van der Waals surface area contributed by atoms with Crippen molar-refractivity contribution in [2.45, 2.75) is 32.4 Å². The number of halogens is 1. The first-order chi connectivity index (χ1) is 10.5. The minimum atomic E-state index is -0.447. The van der Waals surface area contributed by atoms with E-state index in [1.165, 1.54) is 18.5 Å². The lowest BCUT2D eigenvalue weighted by molar-refractivity contribution is -0.108. The number of hydrogen-bond acceptors (Lipinski definition) is 3. The van der Waals surface area contributed by atoms with E-state index in [1.54, 1.807) is 0 Å². The molecule has 2 aromatic rings. The number of fused-ring (bicyclic) bond motifs is 2. The van der Waals surface area contributed by atoms with E-state index in [0.29, 0.717) is 17.0 Å². The van der Waals surface area contributed by atoms with Gasteiger partial charge in [0.1, 0.15) is 11.3 Å². The summed E-state index contributed by atoms with van der Waals surface area (Å²) < 4.78 is 19.4. The van der Waals surface area contributed by atoms with Crippen molar-refractivity contribution in [1.82, 2.24) is 15.3 Å². The van der Waals surface area contributed by atoms with Crippen molar-refractivity contribution in [3.8, 4) is 0 Å². The molecule has 1 aliphatic heterocycles. The predicted octanol–water partition coefficient (Wildman–Crippen LogP) is 2.25. The Bertz CT molecular complexity index is 755. The summed E-state index contributed by atoms with van der Waals surface area (Å²) in [6.07, 6.45) is 2.63. The van der Waals surface area contributed by atoms with Gasteiger partial charge in [0, 0.05) is 24.0 Å². The third-order valence-corrected chi connectivity index (χ3v) is 5.12. The van der Waals surface area contributed by atoms with E-state index >= 15 is 0 Å². The number of H-pyrrole nitrogens is 1. The summed E-state index contributed by atoms with van der Waals surface area (Å²) in [6, 6.07) is 2.63. The van der Waals surface area contributed by atoms with Gasteiger partial charge in [0.15, 0.2) is 0 Å². The van der Waals surface area contributed by atoms with Gasteiger partial charge in [-0.3, -0.25) is 4.79 Å². The number of carbonyl (C=O) groups excluding carboxylic acids is 1. The number of hydrogen-bond donors (Lipinski definition) is 2. The van der Waals surface area contributed by atoms with Gasteiger partial charge >= 0.3 is 0 Å². The first kappa shape index (κ1) is 13.7. The summed E-state index contributed by atoms with van der Waals surface area (Å²) in [5.41, 5.74) is 1.19. The minimum absolute atomic E-state index is 0.0461. The summed E-state index contributed by atoms with van der Waals surface area (Å²) in [5, 5.41) is 3.06. The third-order valence-electron chi connectivity index (χ3n) is 5.12. The first-order valence-corrected chi connectivity index (χ1v) is 7.53. The molecule has 0 spiro atoms. The van der Waals surface area contributed by atoms with Gasteiger partial charge in [0.2, 0.25) is 0 Å². The van der Waals surface area contributed by atoms with Crippen LogP contribution in [0.1, 0.15) is 30.6 Å². The maximum absolute atomic E-state index is 13.7. The maximum Gasteiger partial charge on any atom is 0.253 e. The molecule has 2 N–H and O–H groups in total. The maximum atomic E-state index is 13.7. The smallest absolute Gasteiger partial charge is 0.253 e. The topological polar surface area (TPSA) is 67.0 Å². The van der Waals surface area contributed by atoms with E-state index in [0.717, 1.165) is 13.0 Å². The zero-order valence-electron chi connectivity index (χ0n) is 12.5. The molecule has 3 atom stereocenters. The van der Waals surface area contributed by atoms with E-state index in [2.05, 4.69) is 29.1 Å². The van der Waals surface area contributed by atoms with Crippen LogP contribution in [-0.4, -0.2) is 34.6 Å². The fourth-order valence-corrected chi connectivity index (χ4v) is 4.02. The van der Waals surface area contributed by atoms with Gasteiger partial charge in [0.25, 0.3) is 5.91 Å². The van der Waals surface area contributed by atoms with Gasteiger partial charge in [-0.15, -0.1) is 0 Å². The molecule has 2 aliphatic rings. The molecule has 1 aromatic heterocycles. The van der Waals surface area contributed by atoms with Gasteiger partial charge in [-0.25, -0.2) is 9.37 Å². The second-order valence-electron chi connectivity index (χ2n) is 6.77. The zero-order valence-corrected chi connectivity index (χ0v) is 12.5. The Kier molecular flexibility index (Phi) is 2.81. The highest BCUT2D eigenvalue weighted by Gasteiger charge is 2.59. The Morgan fingerprint density at radius 1 is 1.50 bits per heavy atom. The lowest BCUT2D eigenvalue weighted by Crippen LogP contribution is -2.66. The van der Waals surface area contributed by atoms with Crippen LogP contribution in [0.3, 0.4) is 0 Å². The molecular weight excluding hydrogens is 285 g/mol. The standard InChI is InChI=1S/C16H18FN3O2/c1-16(2)13(9-3-4-22-14(9)16)20-15(21)10-5-8(17)6-11-12(10)19-7-18-11/h5-7,9,13-14H,3-4H2,1-2H3,(H,18,19)(H,20,21)/t9-,13+,14+/m0/s1. The molecule has 5 nitrogen and oxygen atoms in total. The molecule has 1 aromatic carbocycles. The van der Waals surface area contributed by atoms with Crippen LogP contribution >= 0.6 is 0 Å². The second kappa shape index (κ2) is 4.52. The van der Waals surface area contributed by atoms with Gasteiger partial charge in [-0.1, -0.05) is 13.8 Å². The first-order valence-electron chi connectivity index (χ1n) is 7.53. The highest BCUT2D eigenvalue weighted by molar-refractivity contribution is 6.05. The van der Waals surface area contributed by atoms with Crippen LogP contribution in [0.15, 0.2) is 18.5 Å². The normalized spacial score (nSPS) is 29.1. The van der Waals surface area contributed by atoms with Crippen molar-refractivity contribution < 1.29 is 13.9 Å². The number of imidazole rings is 1. The molecule has 0 radical (unpaired) electrons. The summed E-state index contributed by atoms with van der Waals surface area (Å²) in [5.74, 6) is -0.376. The van der Waals surface area contributed by atoms with E-state index in [-0.39, 0.29) is 29.0 Å². The van der Waals surface area contributed by atoms with Crippen molar-refractivity contribution in [3.63, 3.8) is 0 Å². The molecule has 0 bridgehead atoms. The van der Waals surface area contributed by atoms with Crippen LogP contribution < -0.4 is 5.32 Å². The van der Waals surface area contributed by atoms with Crippen molar-refractivity contribution in [2.24, 2.45) is 11.3 Å². The predicted molar refractivity (Wildman–Crippen MR) is 78.9 cm³/mol. The molecule has 1 amide bonds. The van der Waals surface area contributed by atoms with Crippen LogP contribution in [0.4, 0.5) is 4.39 Å². The number of amides is 1. The lowest BCUT2D eigenvalue weighted by atomic mass is 9.57. The monoisotopic (exact) mass is 303 g/mol. The van der Waals surface area contributed by atoms with Crippen LogP contribution in [-0.2, 0) is 4.74 Å². The van der Waals surface area contributed by atoms with E-state index in [1.807, 2.05) is 0 Å². The number of carbonyl (C=O) groups is 1. The third kappa shape index (κ3) is 1.80. The molecule has 6 heteroatoms. The molecule has 2 fully saturated rings. The summed E-state index contributed by atoms with van der Waals surface area (Å²) >= 11 is 0. The molecular formula is C16H18FN3O2. The molecule has 0 unspecified atom stereocenters. The van der Waals surface area contributed by atoms with Crippen LogP contribution in [0.2, 0.25) is 0 Å². The fourth-order valence-electron chi connectivity index (χ4n) is 4.02. The highest BCUT2D eigenvalue weighted by Crippen LogP contribution is 2.52. The van der Waals surface area contributed by atoms with Gasteiger partial charge < -0.3 is 15.0 Å². The SMILES string of the molecule is CC1(C)[C@H](NC(=O)c2cc(F)cc3[nH]cnc23)[C@@H]2CCO[C@H]21. The van der Waals surface area contributed by atoms with Crippen molar-refractivity contribution in [2.75, 3.05) is 6.61 Å². The Labute approximate surface area is 127 Å². The van der Waals surface area contributed by atoms with E-state index in [4.69, 9.17) is 4.74 Å². The largest absolute Gasteiger partial charge is 0.377 e. The average molecular weight is 303 g/mol. The number of benzene rings is 1. The second-order valence-corrected chi connectivity index (χ2v) is 6.77. The van der Waals surface area contributed by atoms with Crippen molar-refractivity contribution in [3.05, 3.63) is 29.8 Å². The summed E-state index contributed by atoms with van der Waals surface area (Å²) in [7, 11) is 0. The Morgan fingerprint density at radius 2 is 2.32 bits per heavy atom. The lowest BCUT2D eigenvalue weighted by Gasteiger charge is -2.54. The fraction of sp³-hybridized carbons (Fsp3) is 0.500. The minimum Gasteiger partial charge on any atom is -0.377 e. The van der Waals surface area contributed by atoms with Crippen LogP contribution in [0, 0.1) is 17.2 Å². The quantitative estimate of drug-likeness (QED) is 0.894. The van der Waals surface area contributed by atoms with Crippen LogP contribution in [0.5, 0.6) is 0 Å². The molecule has 1 saturated heterocycles. The van der Waals surface area contributed by atoms with E-state index < -0.39 is 5.82 Å². The summed E-state index contributed by atoms with van der Waals surface area (Å²) in [6.45, 7) is 4.94. The zero-order chi connectivity index (χ0) is 15.5. The Hall–Kier alpha value is -1.95. The molecule has 116 valence electrons. The van der Waals surface area contributed by atoms with Gasteiger partial charge in [0.05, 0.1) is 23.5 Å². The number of nitrogens with one attached hydrogen (secondary N) is 2. The molecule has 1 saturated carbocycles. The number of aromatic nitrogens is 2. The van der Waals surface area contributed by atoms with Crippen LogP contribution in [0.25, 0.3) is 11.0 Å². The van der Waals surface area contributed by atoms with Crippen molar-refractivity contribution >= 4 is 16.9 Å².